The summed E-state index contributed by atoms with van der Waals surface area (Å²) in [6.45, 7) is 2.58. The maximum absolute atomic E-state index is 13.6. The van der Waals surface area contributed by atoms with Gasteiger partial charge in [0.1, 0.15) is 10.8 Å². The third-order valence-electron chi connectivity index (χ3n) is 3.95. The number of hydrogen-bond acceptors (Lipinski definition) is 5. The summed E-state index contributed by atoms with van der Waals surface area (Å²) in [5.41, 5.74) is 0.273. The molecule has 0 bridgehead atoms. The van der Waals surface area contributed by atoms with Crippen LogP contribution in [0.25, 0.3) is 16.9 Å². The molecule has 0 spiro atoms. The second-order valence-corrected chi connectivity index (χ2v) is 6.12. The molecular weight excluding hydrogens is 338 g/mol. The third kappa shape index (κ3) is 2.47. The molecule has 0 amide bonds. The Labute approximate surface area is 141 Å². The van der Waals surface area contributed by atoms with Gasteiger partial charge in [0.05, 0.1) is 10.9 Å². The molecule has 3 aromatic heterocycles. The van der Waals surface area contributed by atoms with Gasteiger partial charge in [0, 0.05) is 38.5 Å². The molecule has 1 saturated heterocycles. The van der Waals surface area contributed by atoms with Crippen molar-refractivity contribution < 1.29 is 8.78 Å². The second-order valence-electron chi connectivity index (χ2n) is 5.73. The quantitative estimate of drug-likeness (QED) is 0.679. The van der Waals surface area contributed by atoms with E-state index < -0.39 is 5.92 Å². The molecule has 4 rings (SSSR count). The number of fused-ring (bicyclic) bond motifs is 1. The first-order valence-corrected chi connectivity index (χ1v) is 7.82. The average molecular weight is 351 g/mol. The summed E-state index contributed by atoms with van der Waals surface area (Å²) in [5, 5.41) is 5.60. The molecule has 6 nitrogen and oxygen atoms in total. The summed E-state index contributed by atoms with van der Waals surface area (Å²) in [6, 6.07) is 2.83. The molecule has 0 aliphatic carbocycles. The van der Waals surface area contributed by atoms with Crippen molar-refractivity contribution in [3.05, 3.63) is 35.4 Å². The van der Waals surface area contributed by atoms with E-state index in [-0.39, 0.29) is 16.8 Å². The van der Waals surface area contributed by atoms with Crippen LogP contribution >= 0.6 is 11.6 Å². The number of pyridine rings is 1. The lowest BCUT2D eigenvalue weighted by molar-refractivity contribution is 0.0126. The first kappa shape index (κ1) is 15.2. The van der Waals surface area contributed by atoms with E-state index in [1.807, 2.05) is 0 Å². The van der Waals surface area contributed by atoms with Crippen molar-refractivity contribution >= 4 is 28.3 Å². The molecule has 1 fully saturated rings. The summed E-state index contributed by atoms with van der Waals surface area (Å²) in [5.74, 6) is -2.24. The summed E-state index contributed by atoms with van der Waals surface area (Å²) in [6.07, 6.45) is 4.02. The van der Waals surface area contributed by atoms with Gasteiger partial charge in [0.15, 0.2) is 5.82 Å². The Morgan fingerprint density at radius 1 is 1.25 bits per heavy atom. The Morgan fingerprint density at radius 3 is 2.71 bits per heavy atom. The van der Waals surface area contributed by atoms with Gasteiger partial charge in [-0.3, -0.25) is 0 Å². The largest absolute Gasteiger partial charge is 0.354 e. The molecular formula is C15H13ClF2N6. The number of rotatable bonds is 3. The maximum atomic E-state index is 13.6. The molecule has 0 aromatic carbocycles. The second kappa shape index (κ2) is 5.34. The lowest BCUT2D eigenvalue weighted by Gasteiger charge is -2.31. The van der Waals surface area contributed by atoms with E-state index in [2.05, 4.69) is 25.0 Å². The summed E-state index contributed by atoms with van der Waals surface area (Å²) >= 11 is 5.99. The highest BCUT2D eigenvalue weighted by Gasteiger charge is 2.28. The lowest BCUT2D eigenvalue weighted by Crippen LogP contribution is -2.37. The summed E-state index contributed by atoms with van der Waals surface area (Å²) < 4.78 is 28.6. The zero-order chi connectivity index (χ0) is 16.9. The average Bonchev–Trinajstić information content (AvgIpc) is 2.83. The zero-order valence-electron chi connectivity index (χ0n) is 12.7. The van der Waals surface area contributed by atoms with Crippen molar-refractivity contribution in [3.63, 3.8) is 0 Å². The van der Waals surface area contributed by atoms with Crippen LogP contribution in [0.2, 0.25) is 5.15 Å². The molecule has 9 heteroatoms. The highest BCUT2D eigenvalue weighted by atomic mass is 35.5. The van der Waals surface area contributed by atoms with Crippen LogP contribution < -0.4 is 4.90 Å². The van der Waals surface area contributed by atoms with E-state index in [4.69, 9.17) is 11.6 Å². The fourth-order valence-electron chi connectivity index (χ4n) is 2.58. The van der Waals surface area contributed by atoms with Crippen molar-refractivity contribution in [2.24, 2.45) is 0 Å². The Balaban J connectivity index is 1.92. The van der Waals surface area contributed by atoms with Crippen LogP contribution in [0, 0.1) is 0 Å². The Kier molecular flexibility index (Phi) is 3.38. The fourth-order valence-corrected chi connectivity index (χ4v) is 2.73. The van der Waals surface area contributed by atoms with Gasteiger partial charge in [-0.1, -0.05) is 11.6 Å². The first-order valence-electron chi connectivity index (χ1n) is 7.44. The van der Waals surface area contributed by atoms with Gasteiger partial charge in [-0.25, -0.2) is 15.0 Å². The summed E-state index contributed by atoms with van der Waals surface area (Å²) in [7, 11) is 0. The molecule has 0 radical (unpaired) electrons. The predicted octanol–water partition coefficient (Wildman–Crippen LogP) is 3.19. The Hall–Kier alpha value is -2.35. The monoisotopic (exact) mass is 350 g/mol. The fraction of sp³-hybridized carbons (Fsp3) is 0.333. The molecule has 0 N–H and O–H groups in total. The van der Waals surface area contributed by atoms with Gasteiger partial charge in [-0.15, -0.1) is 5.10 Å². The highest BCUT2D eigenvalue weighted by molar-refractivity contribution is 6.30. The van der Waals surface area contributed by atoms with Crippen LogP contribution in [-0.4, -0.2) is 37.8 Å². The van der Waals surface area contributed by atoms with Gasteiger partial charge < -0.3 is 4.90 Å². The number of aromatic nitrogens is 5. The number of hydrogen-bond donors (Lipinski definition) is 0. The van der Waals surface area contributed by atoms with Gasteiger partial charge in [-0.2, -0.15) is 13.5 Å². The van der Waals surface area contributed by atoms with Gasteiger partial charge >= 0.3 is 0 Å². The van der Waals surface area contributed by atoms with Crippen LogP contribution in [0.1, 0.15) is 19.0 Å². The smallest absolute Gasteiger partial charge is 0.287 e. The van der Waals surface area contributed by atoms with Gasteiger partial charge in [0.25, 0.3) is 11.9 Å². The minimum atomic E-state index is -3.06. The third-order valence-corrected chi connectivity index (χ3v) is 4.16. The molecule has 0 atom stereocenters. The molecule has 4 heterocycles. The van der Waals surface area contributed by atoms with Gasteiger partial charge in [-0.05, 0) is 12.5 Å². The van der Waals surface area contributed by atoms with Crippen molar-refractivity contribution in [3.8, 4) is 5.95 Å². The van der Waals surface area contributed by atoms with Crippen molar-refractivity contribution in [1.29, 1.82) is 0 Å². The first-order chi connectivity index (χ1) is 11.4. The number of anilines is 1. The van der Waals surface area contributed by atoms with Crippen LogP contribution in [0.5, 0.6) is 0 Å². The SMILES string of the molecule is CC(F)(F)c1ccnc(-n2nc(N3CCC3)c3cnc(Cl)cc32)n1. The molecule has 3 aromatic rings. The normalized spacial score (nSPS) is 14.9. The standard InChI is InChI=1S/C15H13ClF2N6/c1-15(17,18)11-3-4-19-14(21-11)24-10-7-12(16)20-8-9(10)13(22-24)23-5-2-6-23/h3-4,7-8H,2,5-6H2,1H3. The lowest BCUT2D eigenvalue weighted by atomic mass is 10.2. The van der Waals surface area contributed by atoms with Crippen LogP contribution in [0.4, 0.5) is 14.6 Å². The Bertz CT molecular complexity index is 916. The minimum Gasteiger partial charge on any atom is -0.354 e. The van der Waals surface area contributed by atoms with Crippen LogP contribution in [0.15, 0.2) is 24.5 Å². The number of nitrogens with zero attached hydrogens (tertiary/aromatic N) is 6. The van der Waals surface area contributed by atoms with E-state index in [1.54, 1.807) is 12.3 Å². The van der Waals surface area contributed by atoms with E-state index in [1.165, 1.54) is 16.9 Å². The topological polar surface area (TPSA) is 59.7 Å². The molecule has 0 saturated carbocycles. The van der Waals surface area contributed by atoms with Crippen LogP contribution in [-0.2, 0) is 5.92 Å². The van der Waals surface area contributed by atoms with E-state index in [0.29, 0.717) is 5.52 Å². The zero-order valence-corrected chi connectivity index (χ0v) is 13.5. The molecule has 1 aliphatic heterocycles. The molecule has 1 aliphatic rings. The molecule has 24 heavy (non-hydrogen) atoms. The van der Waals surface area contributed by atoms with Crippen molar-refractivity contribution in [2.45, 2.75) is 19.3 Å². The molecule has 124 valence electrons. The van der Waals surface area contributed by atoms with Crippen molar-refractivity contribution in [2.75, 3.05) is 18.0 Å². The molecule has 0 unspecified atom stereocenters. The van der Waals surface area contributed by atoms with E-state index in [9.17, 15) is 8.78 Å². The van der Waals surface area contributed by atoms with E-state index in [0.717, 1.165) is 37.6 Å². The highest BCUT2D eigenvalue weighted by Crippen LogP contribution is 2.31. The maximum Gasteiger partial charge on any atom is 0.287 e. The van der Waals surface area contributed by atoms with Gasteiger partial charge in [0.2, 0.25) is 0 Å². The predicted molar refractivity (Wildman–Crippen MR) is 85.9 cm³/mol. The van der Waals surface area contributed by atoms with Crippen LogP contribution in [0.3, 0.4) is 0 Å². The van der Waals surface area contributed by atoms with E-state index >= 15 is 0 Å². The minimum absolute atomic E-state index is 0.0769. The van der Waals surface area contributed by atoms with Crippen molar-refractivity contribution in [1.82, 2.24) is 24.7 Å². The number of halogens is 3. The number of alkyl halides is 2. The summed E-state index contributed by atoms with van der Waals surface area (Å²) in [4.78, 5) is 14.2. The Morgan fingerprint density at radius 2 is 2.04 bits per heavy atom.